The van der Waals surface area contributed by atoms with Crippen molar-refractivity contribution in [1.82, 2.24) is 0 Å². The SMILES string of the molecule is CCCCCC[N+](CCCCCC)(CCCCCC)CCCCCC.FC(F)(F)c1cc([B-](c2cc(C(F)(F)F)cc(C(F)(F)F)c2)(c2cc(C(F)(F)F)cc(C(F)(F)F)c2)c2cc(C(F)(F)F)cc(C(F)(F)F)c2)cc(C(F)(F)F)c1. The first-order chi connectivity index (χ1) is 37.5. The van der Waals surface area contributed by atoms with Gasteiger partial charge < -0.3 is 4.48 Å². The van der Waals surface area contributed by atoms with Gasteiger partial charge in [-0.3, -0.25) is 0 Å². The molecule has 0 heterocycles. The van der Waals surface area contributed by atoms with Crippen molar-refractivity contribution >= 4 is 28.0 Å². The van der Waals surface area contributed by atoms with Crippen LogP contribution in [-0.4, -0.2) is 36.8 Å². The van der Waals surface area contributed by atoms with E-state index in [0.29, 0.717) is 0 Å². The predicted molar refractivity (Wildman–Crippen MR) is 266 cm³/mol. The Labute approximate surface area is 460 Å². The molecule has 0 unspecified atom stereocenters. The van der Waals surface area contributed by atoms with Gasteiger partial charge in [-0.15, -0.1) is 0 Å². The molecule has 0 aliphatic rings. The zero-order valence-electron chi connectivity index (χ0n) is 45.2. The van der Waals surface area contributed by atoms with Gasteiger partial charge in [0.25, 0.3) is 0 Å². The first kappa shape index (κ1) is 71.5. The van der Waals surface area contributed by atoms with Crippen LogP contribution in [0.15, 0.2) is 72.8 Å². The van der Waals surface area contributed by atoms with Crippen LogP contribution in [0.1, 0.15) is 175 Å². The Hall–Kier alpha value is -4.78. The fourth-order valence-corrected chi connectivity index (χ4v) is 10.2. The van der Waals surface area contributed by atoms with Crippen LogP contribution in [0.5, 0.6) is 0 Å². The van der Waals surface area contributed by atoms with Gasteiger partial charge >= 0.3 is 49.4 Å². The molecule has 1 nitrogen and oxygen atoms in total. The molecule has 0 atom stereocenters. The number of rotatable bonds is 24. The van der Waals surface area contributed by atoms with Crippen molar-refractivity contribution in [1.29, 1.82) is 0 Å². The van der Waals surface area contributed by atoms with Gasteiger partial charge in [-0.25, -0.2) is 0 Å². The lowest BCUT2D eigenvalue weighted by molar-refractivity contribution is -0.929. The van der Waals surface area contributed by atoms with E-state index >= 15 is 0 Å². The summed E-state index contributed by atoms with van der Waals surface area (Å²) in [6.45, 7) is 15.2. The quantitative estimate of drug-likeness (QED) is 0.0284. The molecule has 0 N–H and O–H groups in total. The third kappa shape index (κ3) is 20.2. The molecule has 464 valence electrons. The van der Waals surface area contributed by atoms with E-state index < -0.39 is 195 Å². The van der Waals surface area contributed by atoms with Crippen LogP contribution in [0.25, 0.3) is 0 Å². The van der Waals surface area contributed by atoms with Crippen LogP contribution < -0.4 is 21.9 Å². The largest absolute Gasteiger partial charge is 0.416 e. The molecule has 0 fully saturated rings. The van der Waals surface area contributed by atoms with Crippen LogP contribution in [-0.2, 0) is 49.4 Å². The lowest BCUT2D eigenvalue weighted by Gasteiger charge is -2.46. The number of quaternary nitrogens is 1. The molecule has 4 rings (SSSR count). The molecule has 26 heteroatoms. The molecule has 0 radical (unpaired) electrons. The third-order valence-corrected chi connectivity index (χ3v) is 14.4. The van der Waals surface area contributed by atoms with Crippen molar-refractivity contribution in [2.75, 3.05) is 26.2 Å². The summed E-state index contributed by atoms with van der Waals surface area (Å²) in [5.74, 6) is 0. The zero-order chi connectivity index (χ0) is 62.6. The molecule has 0 saturated heterocycles. The van der Waals surface area contributed by atoms with Gasteiger partial charge in [0.15, 0.2) is 0 Å². The average molecular weight is 1220 g/mol. The Balaban J connectivity index is 0.000000592. The van der Waals surface area contributed by atoms with E-state index in [-0.39, 0.29) is 0 Å². The number of hydrogen-bond donors (Lipinski definition) is 0. The summed E-state index contributed by atoms with van der Waals surface area (Å²) in [7, 11) is 0. The van der Waals surface area contributed by atoms with Crippen molar-refractivity contribution in [3.8, 4) is 0 Å². The van der Waals surface area contributed by atoms with Gasteiger partial charge in [-0.2, -0.15) is 127 Å². The summed E-state index contributed by atoms with van der Waals surface area (Å²) in [6.07, 6.45) is -32.0. The first-order valence-corrected chi connectivity index (χ1v) is 26.7. The third-order valence-electron chi connectivity index (χ3n) is 14.4. The Morgan fingerprint density at radius 1 is 0.232 bits per heavy atom. The highest BCUT2D eigenvalue weighted by Crippen LogP contribution is 2.41. The van der Waals surface area contributed by atoms with Gasteiger partial charge in [0.2, 0.25) is 0 Å². The van der Waals surface area contributed by atoms with Crippen LogP contribution in [0.4, 0.5) is 105 Å². The molecule has 0 aromatic heterocycles. The Morgan fingerprint density at radius 2 is 0.378 bits per heavy atom. The molecule has 82 heavy (non-hydrogen) atoms. The van der Waals surface area contributed by atoms with E-state index in [1.807, 2.05) is 0 Å². The van der Waals surface area contributed by atoms with Crippen molar-refractivity contribution in [3.05, 3.63) is 117 Å². The zero-order valence-corrected chi connectivity index (χ0v) is 45.2. The second-order valence-electron chi connectivity index (χ2n) is 20.7. The molecule has 0 aliphatic carbocycles. The highest BCUT2D eigenvalue weighted by atomic mass is 19.4. The minimum Gasteiger partial charge on any atom is -0.324 e. The summed E-state index contributed by atoms with van der Waals surface area (Å²) in [5, 5.41) is 0. The number of hydrogen-bond acceptors (Lipinski definition) is 0. The maximum absolute atomic E-state index is 14.2. The summed E-state index contributed by atoms with van der Waals surface area (Å²) in [4.78, 5) is 0. The second kappa shape index (κ2) is 28.4. The van der Waals surface area contributed by atoms with E-state index in [9.17, 15) is 105 Å². The summed E-state index contributed by atoms with van der Waals surface area (Å²) < 4.78 is 342. The lowest BCUT2D eigenvalue weighted by Crippen LogP contribution is -2.75. The smallest absolute Gasteiger partial charge is 0.324 e. The molecule has 0 spiro atoms. The Morgan fingerprint density at radius 3 is 0.500 bits per heavy atom. The highest BCUT2D eigenvalue weighted by molar-refractivity contribution is 7.20. The molecule has 0 bridgehead atoms. The van der Waals surface area contributed by atoms with E-state index in [2.05, 4.69) is 27.7 Å². The monoisotopic (exact) mass is 1220 g/mol. The summed E-state index contributed by atoms with van der Waals surface area (Å²) >= 11 is 0. The van der Waals surface area contributed by atoms with Gasteiger partial charge in [0.1, 0.15) is 6.15 Å². The maximum Gasteiger partial charge on any atom is 0.416 e. The molecule has 4 aromatic carbocycles. The first-order valence-electron chi connectivity index (χ1n) is 26.7. The highest BCUT2D eigenvalue weighted by Gasteiger charge is 2.47. The normalized spacial score (nSPS) is 13.6. The van der Waals surface area contributed by atoms with E-state index in [1.165, 1.54) is 133 Å². The van der Waals surface area contributed by atoms with Crippen molar-refractivity contribution in [3.63, 3.8) is 0 Å². The number of halogens is 24. The van der Waals surface area contributed by atoms with Gasteiger partial charge in [0, 0.05) is 0 Å². The number of nitrogens with zero attached hydrogens (tertiary/aromatic N) is 1. The minimum atomic E-state index is -6.13. The Kier molecular flexibility index (Phi) is 24.8. The maximum atomic E-state index is 14.2. The van der Waals surface area contributed by atoms with Crippen molar-refractivity contribution in [2.45, 2.75) is 180 Å². The number of alkyl halides is 24. The van der Waals surface area contributed by atoms with E-state index in [0.717, 1.165) is 0 Å². The average Bonchev–Trinajstić information content (AvgIpc) is 1.52. The lowest BCUT2D eigenvalue weighted by atomic mass is 9.12. The predicted octanol–water partition coefficient (Wildman–Crippen LogP) is 19.3. The molecular weight excluding hydrogens is 1150 g/mol. The second-order valence-corrected chi connectivity index (χ2v) is 20.7. The number of benzene rings is 4. The van der Waals surface area contributed by atoms with Gasteiger partial charge in [-0.1, -0.05) is 128 Å². The fraction of sp³-hybridized carbons (Fsp3) is 0.571. The number of unbranched alkanes of at least 4 members (excludes halogenated alkanes) is 12. The van der Waals surface area contributed by atoms with Crippen LogP contribution >= 0.6 is 0 Å². The van der Waals surface area contributed by atoms with Gasteiger partial charge in [0.05, 0.1) is 70.7 Å². The molecule has 0 amide bonds. The van der Waals surface area contributed by atoms with E-state index in [4.69, 9.17) is 0 Å². The van der Waals surface area contributed by atoms with Crippen molar-refractivity contribution in [2.24, 2.45) is 0 Å². The summed E-state index contributed by atoms with van der Waals surface area (Å²) in [6, 6.07) is -8.81. The van der Waals surface area contributed by atoms with Crippen LogP contribution in [0, 0.1) is 0 Å². The molecular formula is C56H64BF24N. The standard InChI is InChI=1S/C32H12BF24.C24H52N/c34-25(35,36)13-1-14(26(37,38)39)6-21(5-13)33(22-7-15(27(40,41)42)2-16(8-22)28(43,44)45,23-9-17(29(46,47)48)3-18(10-23)30(49,50)51)24-11-19(31(52,53)54)4-20(12-24)32(55,56)57;1-5-9-13-17-21-25(22-18-14-10-6-2,23-19-15-11-7-3)24-20-16-12-8-4/h1-12H;5-24H2,1-4H3/q-1;+1. The minimum absolute atomic E-state index is 0.691. The van der Waals surface area contributed by atoms with Crippen LogP contribution in [0.3, 0.4) is 0 Å². The summed E-state index contributed by atoms with van der Waals surface area (Å²) in [5.41, 5.74) is -30.2. The van der Waals surface area contributed by atoms with E-state index in [1.54, 1.807) is 0 Å². The topological polar surface area (TPSA) is 0 Å². The van der Waals surface area contributed by atoms with Gasteiger partial charge in [-0.05, 0) is 75.6 Å². The fourth-order valence-electron chi connectivity index (χ4n) is 10.2. The molecule has 0 aliphatic heterocycles. The van der Waals surface area contributed by atoms with Crippen molar-refractivity contribution < 1.29 is 110 Å². The Bertz CT molecular complexity index is 2120. The molecule has 0 saturated carbocycles. The molecule has 4 aromatic rings. The van der Waals surface area contributed by atoms with Crippen LogP contribution in [0.2, 0.25) is 0 Å².